The summed E-state index contributed by atoms with van der Waals surface area (Å²) >= 11 is 0. The topological polar surface area (TPSA) is 84.6 Å². The molecule has 0 spiro atoms. The number of aliphatic carboxylic acids is 1. The Hall–Kier alpha value is -2.24. The maximum Gasteiger partial charge on any atom is 0.303 e. The summed E-state index contributed by atoms with van der Waals surface area (Å²) in [6.07, 6.45) is 1.92. The number of carboxylic acids is 1. The van der Waals surface area contributed by atoms with E-state index in [1.165, 1.54) is 0 Å². The number of carbonyl (C=O) groups is 1. The number of anilines is 1. The smallest absolute Gasteiger partial charge is 0.303 e. The second kappa shape index (κ2) is 5.03. The molecular weight excluding hydrogens is 260 g/mol. The molecule has 3 rings (SSSR count). The number of oxazole rings is 1. The van der Waals surface area contributed by atoms with Crippen molar-refractivity contribution in [1.29, 1.82) is 0 Å². The molecule has 0 bridgehead atoms. The van der Waals surface area contributed by atoms with Gasteiger partial charge in [0, 0.05) is 18.5 Å². The third-order valence-electron chi connectivity index (χ3n) is 3.62. The van der Waals surface area contributed by atoms with Crippen LogP contribution in [0.5, 0.6) is 5.75 Å². The maximum absolute atomic E-state index is 10.6. The molecular formula is C14H16N2O4. The van der Waals surface area contributed by atoms with Gasteiger partial charge in [-0.25, -0.2) is 0 Å². The van der Waals surface area contributed by atoms with Crippen LogP contribution in [-0.2, 0) is 4.79 Å². The van der Waals surface area contributed by atoms with Gasteiger partial charge in [0.1, 0.15) is 11.3 Å². The molecule has 1 aromatic heterocycles. The number of hydrogen-bond acceptors (Lipinski definition) is 5. The lowest BCUT2D eigenvalue weighted by molar-refractivity contribution is -0.138. The van der Waals surface area contributed by atoms with Crippen molar-refractivity contribution >= 4 is 23.1 Å². The highest BCUT2D eigenvalue weighted by molar-refractivity contribution is 5.76. The number of fused-ring (bicyclic) bond motifs is 1. The third-order valence-corrected chi connectivity index (χ3v) is 3.62. The zero-order chi connectivity index (χ0) is 14.1. The lowest BCUT2D eigenvalue weighted by atomic mass is 9.78. The number of nitrogens with zero attached hydrogens (tertiary/aromatic N) is 1. The molecule has 0 aliphatic heterocycles. The van der Waals surface area contributed by atoms with Crippen molar-refractivity contribution in [3.8, 4) is 5.75 Å². The lowest BCUT2D eigenvalue weighted by Gasteiger charge is -2.34. The van der Waals surface area contributed by atoms with Crippen molar-refractivity contribution in [2.45, 2.75) is 25.3 Å². The molecule has 0 amide bonds. The van der Waals surface area contributed by atoms with Crippen molar-refractivity contribution in [1.82, 2.24) is 4.98 Å². The van der Waals surface area contributed by atoms with Gasteiger partial charge in [-0.15, -0.1) is 0 Å². The minimum absolute atomic E-state index is 0.239. The van der Waals surface area contributed by atoms with E-state index in [0.717, 1.165) is 24.1 Å². The molecule has 1 heterocycles. The highest BCUT2D eigenvalue weighted by Crippen LogP contribution is 2.33. The Morgan fingerprint density at radius 3 is 3.05 bits per heavy atom. The van der Waals surface area contributed by atoms with Crippen molar-refractivity contribution in [3.05, 3.63) is 18.2 Å². The maximum atomic E-state index is 10.6. The molecule has 0 unspecified atom stereocenters. The average molecular weight is 276 g/mol. The summed E-state index contributed by atoms with van der Waals surface area (Å²) in [4.78, 5) is 14.9. The molecule has 1 fully saturated rings. The summed E-state index contributed by atoms with van der Waals surface area (Å²) in [6.45, 7) is 0. The molecule has 2 aromatic rings. The van der Waals surface area contributed by atoms with Gasteiger partial charge in [-0.1, -0.05) is 0 Å². The van der Waals surface area contributed by atoms with E-state index in [4.69, 9.17) is 14.3 Å². The fourth-order valence-electron chi connectivity index (χ4n) is 2.54. The number of nitrogens with one attached hydrogen (secondary N) is 1. The Balaban J connectivity index is 1.63. The van der Waals surface area contributed by atoms with E-state index in [-0.39, 0.29) is 18.4 Å². The third kappa shape index (κ3) is 2.54. The minimum atomic E-state index is -0.734. The van der Waals surface area contributed by atoms with Crippen LogP contribution in [0.15, 0.2) is 22.6 Å². The summed E-state index contributed by atoms with van der Waals surface area (Å²) in [5, 5.41) is 11.9. The number of hydrogen-bond donors (Lipinski definition) is 2. The van der Waals surface area contributed by atoms with E-state index >= 15 is 0 Å². The Morgan fingerprint density at radius 1 is 1.55 bits per heavy atom. The molecule has 20 heavy (non-hydrogen) atoms. The summed E-state index contributed by atoms with van der Waals surface area (Å²) in [6, 6.07) is 6.19. The molecule has 2 N–H and O–H groups in total. The fraction of sp³-hybridized carbons (Fsp3) is 0.429. The Bertz CT molecular complexity index is 631. The number of rotatable bonds is 5. The van der Waals surface area contributed by atoms with Crippen molar-refractivity contribution < 1.29 is 19.1 Å². The molecule has 0 saturated heterocycles. The van der Waals surface area contributed by atoms with Crippen LogP contribution in [0.25, 0.3) is 11.1 Å². The monoisotopic (exact) mass is 276 g/mol. The molecule has 1 aliphatic carbocycles. The fourth-order valence-corrected chi connectivity index (χ4v) is 2.54. The minimum Gasteiger partial charge on any atom is -0.497 e. The average Bonchev–Trinajstić information content (AvgIpc) is 2.76. The van der Waals surface area contributed by atoms with E-state index in [1.54, 1.807) is 13.2 Å². The molecule has 1 aliphatic rings. The van der Waals surface area contributed by atoms with Gasteiger partial charge in [-0.2, -0.15) is 4.98 Å². The van der Waals surface area contributed by atoms with E-state index in [1.807, 2.05) is 12.1 Å². The normalized spacial score (nSPS) is 21.4. The summed E-state index contributed by atoms with van der Waals surface area (Å²) < 4.78 is 10.7. The first-order valence-electron chi connectivity index (χ1n) is 6.57. The van der Waals surface area contributed by atoms with Gasteiger partial charge in [-0.3, -0.25) is 4.79 Å². The first-order valence-corrected chi connectivity index (χ1v) is 6.57. The van der Waals surface area contributed by atoms with Crippen LogP contribution in [0, 0.1) is 5.92 Å². The van der Waals surface area contributed by atoms with Crippen LogP contribution in [0.3, 0.4) is 0 Å². The summed E-state index contributed by atoms with van der Waals surface area (Å²) in [7, 11) is 1.60. The second-order valence-electron chi connectivity index (χ2n) is 5.13. The molecule has 1 aromatic carbocycles. The Labute approximate surface area is 115 Å². The predicted octanol–water partition coefficient (Wildman–Crippen LogP) is 2.50. The van der Waals surface area contributed by atoms with Crippen LogP contribution in [0.1, 0.15) is 19.3 Å². The lowest BCUT2D eigenvalue weighted by Crippen LogP contribution is -2.36. The zero-order valence-corrected chi connectivity index (χ0v) is 11.1. The molecule has 6 heteroatoms. The van der Waals surface area contributed by atoms with Crippen molar-refractivity contribution in [2.24, 2.45) is 5.92 Å². The predicted molar refractivity (Wildman–Crippen MR) is 72.9 cm³/mol. The number of carboxylic acid groups (broad SMARTS) is 1. The van der Waals surface area contributed by atoms with Gasteiger partial charge in [-0.05, 0) is 30.9 Å². The largest absolute Gasteiger partial charge is 0.497 e. The summed E-state index contributed by atoms with van der Waals surface area (Å²) in [5.41, 5.74) is 1.45. The second-order valence-corrected chi connectivity index (χ2v) is 5.13. The highest BCUT2D eigenvalue weighted by Gasteiger charge is 2.31. The zero-order valence-electron chi connectivity index (χ0n) is 11.1. The molecule has 106 valence electrons. The molecule has 1 saturated carbocycles. The van der Waals surface area contributed by atoms with E-state index in [9.17, 15) is 4.79 Å². The standard InChI is InChI=1S/C14H16N2O4/c1-19-10-2-3-11-12(7-10)20-14(16-11)15-9-4-8(5-9)6-13(17)18/h2-3,7-9H,4-6H2,1H3,(H,15,16)(H,17,18). The number of methoxy groups -OCH3 is 1. The van der Waals surface area contributed by atoms with E-state index < -0.39 is 5.97 Å². The SMILES string of the molecule is COc1ccc2nc(NC3CC(CC(=O)O)C3)oc2c1. The van der Waals surface area contributed by atoms with Crippen LogP contribution < -0.4 is 10.1 Å². The summed E-state index contributed by atoms with van der Waals surface area (Å²) in [5.74, 6) is 0.252. The van der Waals surface area contributed by atoms with Crippen LogP contribution >= 0.6 is 0 Å². The highest BCUT2D eigenvalue weighted by atomic mass is 16.5. The first kappa shape index (κ1) is 12.8. The van der Waals surface area contributed by atoms with Gasteiger partial charge in [0.05, 0.1) is 7.11 Å². The Kier molecular flexibility index (Phi) is 3.22. The van der Waals surface area contributed by atoms with Gasteiger partial charge in [0.25, 0.3) is 6.01 Å². The van der Waals surface area contributed by atoms with E-state index in [0.29, 0.717) is 11.6 Å². The molecule has 0 atom stereocenters. The first-order chi connectivity index (χ1) is 9.64. The van der Waals surface area contributed by atoms with Gasteiger partial charge < -0.3 is 19.6 Å². The number of aromatic nitrogens is 1. The van der Waals surface area contributed by atoms with Crippen molar-refractivity contribution in [2.75, 3.05) is 12.4 Å². The number of ether oxygens (including phenoxy) is 1. The molecule has 6 nitrogen and oxygen atoms in total. The molecule has 0 radical (unpaired) electrons. The van der Waals surface area contributed by atoms with Crippen LogP contribution in [-0.4, -0.2) is 29.2 Å². The Morgan fingerprint density at radius 2 is 2.35 bits per heavy atom. The van der Waals surface area contributed by atoms with E-state index in [2.05, 4.69) is 10.3 Å². The number of benzene rings is 1. The van der Waals surface area contributed by atoms with Gasteiger partial charge in [0.2, 0.25) is 0 Å². The van der Waals surface area contributed by atoms with Gasteiger partial charge in [0.15, 0.2) is 5.58 Å². The van der Waals surface area contributed by atoms with Gasteiger partial charge >= 0.3 is 5.97 Å². The quantitative estimate of drug-likeness (QED) is 0.872. The van der Waals surface area contributed by atoms with Crippen LogP contribution in [0.2, 0.25) is 0 Å². The van der Waals surface area contributed by atoms with Crippen molar-refractivity contribution in [3.63, 3.8) is 0 Å². The van der Waals surface area contributed by atoms with Crippen LogP contribution in [0.4, 0.5) is 6.01 Å².